The van der Waals surface area contributed by atoms with Crippen LogP contribution in [0.4, 0.5) is 5.69 Å². The second kappa shape index (κ2) is 9.24. The fourth-order valence-corrected chi connectivity index (χ4v) is 4.05. The second-order valence-electron chi connectivity index (χ2n) is 6.44. The topological polar surface area (TPSA) is 72.5 Å². The number of benzene rings is 3. The van der Waals surface area contributed by atoms with E-state index in [4.69, 9.17) is 4.74 Å². The Balaban J connectivity index is 1.77. The summed E-state index contributed by atoms with van der Waals surface area (Å²) in [5.41, 5.74) is 2.73. The molecule has 0 aliphatic rings. The van der Waals surface area contributed by atoms with Crippen LogP contribution in [0.5, 0.6) is 5.75 Å². The number of halogens is 1. The Kier molecular flexibility index (Phi) is 6.71. The van der Waals surface area contributed by atoms with E-state index in [1.54, 1.807) is 30.3 Å². The predicted octanol–water partition coefficient (Wildman–Crippen LogP) is 4.95. The molecule has 29 heavy (non-hydrogen) atoms. The van der Waals surface area contributed by atoms with Crippen LogP contribution in [0.1, 0.15) is 21.5 Å². The molecule has 150 valence electrons. The van der Waals surface area contributed by atoms with Crippen LogP contribution in [-0.4, -0.2) is 19.5 Å². The molecule has 3 rings (SSSR count). The summed E-state index contributed by atoms with van der Waals surface area (Å²) < 4.78 is 33.9. The van der Waals surface area contributed by atoms with Crippen LogP contribution in [0.15, 0.2) is 77.7 Å². The van der Waals surface area contributed by atoms with Crippen molar-refractivity contribution in [3.05, 3.63) is 89.5 Å². The number of hydrogen-bond donors (Lipinski definition) is 1. The molecule has 0 radical (unpaired) electrons. The van der Waals surface area contributed by atoms with Gasteiger partial charge in [0, 0.05) is 17.3 Å². The molecule has 0 aliphatic carbocycles. The third-order valence-corrected chi connectivity index (χ3v) is 6.18. The van der Waals surface area contributed by atoms with E-state index in [0.29, 0.717) is 23.6 Å². The maximum Gasteiger partial charge on any atom is 0.262 e. The number of ether oxygens (including phenoxy) is 1. The van der Waals surface area contributed by atoms with Crippen LogP contribution in [0.3, 0.4) is 0 Å². The van der Waals surface area contributed by atoms with E-state index in [9.17, 15) is 13.2 Å². The molecule has 0 aliphatic heterocycles. The number of aryl methyl sites for hydroxylation is 1. The van der Waals surface area contributed by atoms with Crippen LogP contribution in [-0.2, 0) is 16.6 Å². The van der Waals surface area contributed by atoms with Crippen molar-refractivity contribution in [3.63, 3.8) is 0 Å². The molecule has 0 saturated carbocycles. The smallest absolute Gasteiger partial charge is 0.262 e. The van der Waals surface area contributed by atoms with Crippen molar-refractivity contribution in [2.75, 3.05) is 10.1 Å². The number of sulfonamides is 1. The van der Waals surface area contributed by atoms with E-state index in [-0.39, 0.29) is 16.0 Å². The summed E-state index contributed by atoms with van der Waals surface area (Å²) in [6, 6.07) is 20.7. The van der Waals surface area contributed by atoms with Gasteiger partial charge in [0.25, 0.3) is 10.0 Å². The second-order valence-corrected chi connectivity index (χ2v) is 8.68. The number of nitrogens with one attached hydrogen (secondary N) is 1. The molecule has 0 saturated heterocycles. The Morgan fingerprint density at radius 1 is 1.00 bits per heavy atom. The number of Topliss-reactive ketones (excluding diaryl/α,β-unsaturated/α-hetero) is 1. The van der Waals surface area contributed by atoms with Gasteiger partial charge < -0.3 is 4.74 Å². The largest absolute Gasteiger partial charge is 0.489 e. The van der Waals surface area contributed by atoms with Crippen molar-refractivity contribution in [2.24, 2.45) is 0 Å². The third-order valence-electron chi connectivity index (χ3n) is 4.29. The molecule has 0 bridgehead atoms. The first-order valence-electron chi connectivity index (χ1n) is 8.88. The third kappa shape index (κ3) is 5.46. The van der Waals surface area contributed by atoms with E-state index >= 15 is 0 Å². The summed E-state index contributed by atoms with van der Waals surface area (Å²) in [6.45, 7) is 2.21. The first-order chi connectivity index (χ1) is 13.9. The Morgan fingerprint density at radius 2 is 1.69 bits per heavy atom. The normalized spacial score (nSPS) is 11.1. The standard InChI is InChI=1S/C22H20BrNO4S/c1-16-7-12-20(13-22(16)28-15-17-5-3-2-4-6-17)29(26,27)24-19-10-8-18(9-11-19)21(25)14-23/h2-13,24H,14-15H2,1H3. The number of carbonyl (C=O) groups is 1. The molecule has 0 aromatic heterocycles. The molecule has 3 aromatic carbocycles. The van der Waals surface area contributed by atoms with E-state index in [1.807, 2.05) is 37.3 Å². The zero-order valence-electron chi connectivity index (χ0n) is 15.8. The monoisotopic (exact) mass is 473 g/mol. The van der Waals surface area contributed by atoms with Crippen molar-refractivity contribution >= 4 is 37.4 Å². The molecule has 1 N–H and O–H groups in total. The van der Waals surface area contributed by atoms with Crippen LogP contribution in [0.25, 0.3) is 0 Å². The first kappa shape index (κ1) is 21.1. The van der Waals surface area contributed by atoms with E-state index < -0.39 is 10.0 Å². The maximum atomic E-state index is 12.8. The molecule has 0 amide bonds. The number of anilines is 1. The van der Waals surface area contributed by atoms with Crippen molar-refractivity contribution in [1.29, 1.82) is 0 Å². The molecule has 3 aromatic rings. The Bertz CT molecular complexity index is 1100. The van der Waals surface area contributed by atoms with Gasteiger partial charge in [-0.2, -0.15) is 0 Å². The van der Waals surface area contributed by atoms with Crippen molar-refractivity contribution in [2.45, 2.75) is 18.4 Å². The maximum absolute atomic E-state index is 12.8. The first-order valence-corrected chi connectivity index (χ1v) is 11.5. The molecule has 0 atom stereocenters. The molecular weight excluding hydrogens is 454 g/mol. The van der Waals surface area contributed by atoms with Crippen LogP contribution < -0.4 is 9.46 Å². The lowest BCUT2D eigenvalue weighted by atomic mass is 10.1. The number of hydrogen-bond acceptors (Lipinski definition) is 4. The minimum atomic E-state index is -3.80. The van der Waals surface area contributed by atoms with Crippen LogP contribution in [0, 0.1) is 6.92 Å². The van der Waals surface area contributed by atoms with Crippen LogP contribution >= 0.6 is 15.9 Å². The average molecular weight is 474 g/mol. The summed E-state index contributed by atoms with van der Waals surface area (Å²) in [4.78, 5) is 11.8. The van der Waals surface area contributed by atoms with E-state index in [2.05, 4.69) is 20.7 Å². The Labute approximate surface area is 178 Å². The van der Waals surface area contributed by atoms with Gasteiger partial charge in [0.05, 0.1) is 10.2 Å². The summed E-state index contributed by atoms with van der Waals surface area (Å²) >= 11 is 3.12. The minimum Gasteiger partial charge on any atom is -0.489 e. The van der Waals surface area contributed by atoms with Crippen molar-refractivity contribution in [3.8, 4) is 5.75 Å². The molecule has 7 heteroatoms. The SMILES string of the molecule is Cc1ccc(S(=O)(=O)Nc2ccc(C(=O)CBr)cc2)cc1OCc1ccccc1. The average Bonchev–Trinajstić information content (AvgIpc) is 2.73. The van der Waals surface area contributed by atoms with E-state index in [1.165, 1.54) is 12.1 Å². The quantitative estimate of drug-likeness (QED) is 0.370. The number of alkyl halides is 1. The lowest BCUT2D eigenvalue weighted by Gasteiger charge is -2.13. The molecule has 0 fully saturated rings. The van der Waals surface area contributed by atoms with Gasteiger partial charge in [-0.1, -0.05) is 52.3 Å². The van der Waals surface area contributed by atoms with Crippen molar-refractivity contribution < 1.29 is 17.9 Å². The van der Waals surface area contributed by atoms with Gasteiger partial charge in [-0.15, -0.1) is 0 Å². The summed E-state index contributed by atoms with van der Waals surface area (Å²) in [5.74, 6) is 0.438. The Morgan fingerprint density at radius 3 is 2.34 bits per heavy atom. The molecular formula is C22H20BrNO4S. The lowest BCUT2D eigenvalue weighted by molar-refractivity contribution is 0.102. The van der Waals surface area contributed by atoms with Gasteiger partial charge in [-0.25, -0.2) is 8.42 Å². The molecule has 0 spiro atoms. The van der Waals surface area contributed by atoms with Gasteiger partial charge in [0.1, 0.15) is 12.4 Å². The zero-order valence-corrected chi connectivity index (χ0v) is 18.2. The Hall–Kier alpha value is -2.64. The fraction of sp³-hybridized carbons (Fsp3) is 0.136. The molecule has 5 nitrogen and oxygen atoms in total. The van der Waals surface area contributed by atoms with Gasteiger partial charge in [-0.05, 0) is 48.4 Å². The van der Waals surface area contributed by atoms with Gasteiger partial charge in [-0.3, -0.25) is 9.52 Å². The highest BCUT2D eigenvalue weighted by Gasteiger charge is 2.17. The van der Waals surface area contributed by atoms with Crippen LogP contribution in [0.2, 0.25) is 0 Å². The van der Waals surface area contributed by atoms with Gasteiger partial charge in [0.2, 0.25) is 0 Å². The summed E-state index contributed by atoms with van der Waals surface area (Å²) in [7, 11) is -3.80. The summed E-state index contributed by atoms with van der Waals surface area (Å²) in [6.07, 6.45) is 0. The van der Waals surface area contributed by atoms with Crippen molar-refractivity contribution in [1.82, 2.24) is 0 Å². The number of rotatable bonds is 8. The molecule has 0 heterocycles. The summed E-state index contributed by atoms with van der Waals surface area (Å²) in [5, 5.41) is 0.215. The highest BCUT2D eigenvalue weighted by Crippen LogP contribution is 2.25. The highest BCUT2D eigenvalue weighted by molar-refractivity contribution is 9.09. The zero-order chi connectivity index (χ0) is 20.9. The molecule has 0 unspecified atom stereocenters. The minimum absolute atomic E-state index is 0.0712. The highest BCUT2D eigenvalue weighted by atomic mass is 79.9. The lowest BCUT2D eigenvalue weighted by Crippen LogP contribution is -2.13. The number of ketones is 1. The van der Waals surface area contributed by atoms with Gasteiger partial charge in [0.15, 0.2) is 5.78 Å². The van der Waals surface area contributed by atoms with E-state index in [0.717, 1.165) is 11.1 Å². The predicted molar refractivity (Wildman–Crippen MR) is 117 cm³/mol. The fourth-order valence-electron chi connectivity index (χ4n) is 2.65. The van der Waals surface area contributed by atoms with Gasteiger partial charge >= 0.3 is 0 Å². The number of carbonyl (C=O) groups excluding carboxylic acids is 1.